The molecule has 0 spiro atoms. The first-order valence-corrected chi connectivity index (χ1v) is 4.35. The van der Waals surface area contributed by atoms with Crippen LogP contribution in [0, 0.1) is 6.92 Å². The summed E-state index contributed by atoms with van der Waals surface area (Å²) in [4.78, 5) is 22.9. The molecule has 0 aliphatic carbocycles. The van der Waals surface area contributed by atoms with Gasteiger partial charge in [-0.1, -0.05) is 18.2 Å². The van der Waals surface area contributed by atoms with Gasteiger partial charge < -0.3 is 4.90 Å². The first-order chi connectivity index (χ1) is 6.66. The monoisotopic (exact) mass is 190 g/mol. The van der Waals surface area contributed by atoms with E-state index in [1.165, 1.54) is 11.8 Å². The Labute approximate surface area is 83.3 Å². The van der Waals surface area contributed by atoms with Gasteiger partial charge in [-0.25, -0.2) is 0 Å². The van der Waals surface area contributed by atoms with Gasteiger partial charge in [0.05, 0.1) is 6.54 Å². The molecule has 1 aromatic rings. The Hall–Kier alpha value is -1.64. The zero-order valence-corrected chi connectivity index (χ0v) is 8.28. The molecule has 0 heterocycles. The van der Waals surface area contributed by atoms with Crippen molar-refractivity contribution < 1.29 is 9.59 Å². The molecule has 0 saturated carbocycles. The standard InChI is InChI=1S/C11H12NO2/c1-9-5-3-4-6-11(9)12(7-8-13)10(2)14/h3-6H,7H2,1-2H3. The van der Waals surface area contributed by atoms with E-state index in [0.29, 0.717) is 0 Å². The van der Waals surface area contributed by atoms with E-state index in [9.17, 15) is 9.59 Å². The SMILES string of the molecule is CC(=O)N(C[C]=O)c1ccccc1C. The van der Waals surface area contributed by atoms with Crippen molar-refractivity contribution >= 4 is 17.9 Å². The van der Waals surface area contributed by atoms with E-state index in [1.54, 1.807) is 6.29 Å². The molecule has 1 radical (unpaired) electrons. The Balaban J connectivity index is 3.04. The summed E-state index contributed by atoms with van der Waals surface area (Å²) >= 11 is 0. The summed E-state index contributed by atoms with van der Waals surface area (Å²) < 4.78 is 0. The molecule has 1 rings (SSSR count). The fourth-order valence-corrected chi connectivity index (χ4v) is 1.30. The molecule has 1 amide bonds. The molecule has 14 heavy (non-hydrogen) atoms. The van der Waals surface area contributed by atoms with Crippen LogP contribution in [0.3, 0.4) is 0 Å². The number of rotatable bonds is 3. The van der Waals surface area contributed by atoms with Crippen LogP contribution < -0.4 is 4.90 Å². The van der Waals surface area contributed by atoms with E-state index in [-0.39, 0.29) is 12.5 Å². The van der Waals surface area contributed by atoms with E-state index < -0.39 is 0 Å². The Morgan fingerprint density at radius 1 is 1.43 bits per heavy atom. The average Bonchev–Trinajstić information content (AvgIpc) is 2.15. The second-order valence-corrected chi connectivity index (χ2v) is 3.04. The summed E-state index contributed by atoms with van der Waals surface area (Å²) in [5.41, 5.74) is 1.74. The van der Waals surface area contributed by atoms with Crippen molar-refractivity contribution in [3.05, 3.63) is 29.8 Å². The minimum absolute atomic E-state index is 0.0137. The molecule has 0 aliphatic heterocycles. The largest absolute Gasteiger partial charge is 0.304 e. The lowest BCUT2D eigenvalue weighted by Crippen LogP contribution is -2.30. The first-order valence-electron chi connectivity index (χ1n) is 4.35. The number of carbonyl (C=O) groups is 1. The van der Waals surface area contributed by atoms with Gasteiger partial charge >= 0.3 is 0 Å². The highest BCUT2D eigenvalue weighted by Gasteiger charge is 2.12. The third kappa shape index (κ3) is 2.19. The lowest BCUT2D eigenvalue weighted by atomic mass is 10.2. The van der Waals surface area contributed by atoms with E-state index >= 15 is 0 Å². The highest BCUT2D eigenvalue weighted by atomic mass is 16.2. The van der Waals surface area contributed by atoms with Gasteiger partial charge in [-0.05, 0) is 18.6 Å². The van der Waals surface area contributed by atoms with Crippen LogP contribution in [0.25, 0.3) is 0 Å². The summed E-state index contributed by atoms with van der Waals surface area (Å²) in [5.74, 6) is -0.150. The lowest BCUT2D eigenvalue weighted by Gasteiger charge is -2.19. The Bertz CT molecular complexity index is 347. The van der Waals surface area contributed by atoms with Gasteiger partial charge in [-0.3, -0.25) is 9.59 Å². The van der Waals surface area contributed by atoms with Crippen molar-refractivity contribution in [2.45, 2.75) is 13.8 Å². The van der Waals surface area contributed by atoms with Crippen molar-refractivity contribution in [3.8, 4) is 0 Å². The van der Waals surface area contributed by atoms with Gasteiger partial charge in [0.2, 0.25) is 12.2 Å². The molecule has 0 aliphatic rings. The number of aryl methyl sites for hydroxylation is 1. The van der Waals surface area contributed by atoms with Crippen LogP contribution in [0.1, 0.15) is 12.5 Å². The molecule has 0 N–H and O–H groups in total. The zero-order valence-electron chi connectivity index (χ0n) is 8.28. The minimum Gasteiger partial charge on any atom is -0.304 e. The number of hydrogen-bond acceptors (Lipinski definition) is 2. The number of benzene rings is 1. The highest BCUT2D eigenvalue weighted by Crippen LogP contribution is 2.18. The third-order valence-corrected chi connectivity index (χ3v) is 2.01. The number of nitrogens with zero attached hydrogens (tertiary/aromatic N) is 1. The Kier molecular flexibility index (Phi) is 3.40. The van der Waals surface area contributed by atoms with Crippen LogP contribution in [0.4, 0.5) is 5.69 Å². The molecule has 0 aromatic heterocycles. The van der Waals surface area contributed by atoms with Crippen molar-refractivity contribution in [2.24, 2.45) is 0 Å². The maximum atomic E-state index is 11.2. The second kappa shape index (κ2) is 4.56. The fourth-order valence-electron chi connectivity index (χ4n) is 1.30. The van der Waals surface area contributed by atoms with Crippen molar-refractivity contribution in [3.63, 3.8) is 0 Å². The highest BCUT2D eigenvalue weighted by molar-refractivity contribution is 5.94. The van der Waals surface area contributed by atoms with Gasteiger partial charge in [0.25, 0.3) is 0 Å². The molecule has 1 aromatic carbocycles. The smallest absolute Gasteiger partial charge is 0.224 e. The molecule has 73 valence electrons. The zero-order chi connectivity index (χ0) is 10.6. The van der Waals surface area contributed by atoms with E-state index in [0.717, 1.165) is 11.3 Å². The van der Waals surface area contributed by atoms with Crippen LogP contribution in [0.15, 0.2) is 24.3 Å². The van der Waals surface area contributed by atoms with Gasteiger partial charge in [-0.15, -0.1) is 0 Å². The summed E-state index contributed by atoms with van der Waals surface area (Å²) in [7, 11) is 0. The Morgan fingerprint density at radius 2 is 2.07 bits per heavy atom. The summed E-state index contributed by atoms with van der Waals surface area (Å²) in [5, 5.41) is 0. The van der Waals surface area contributed by atoms with Gasteiger partial charge in [0, 0.05) is 12.6 Å². The van der Waals surface area contributed by atoms with Crippen LogP contribution in [-0.4, -0.2) is 18.7 Å². The number of anilines is 1. The van der Waals surface area contributed by atoms with Crippen LogP contribution in [0.5, 0.6) is 0 Å². The number of amides is 1. The summed E-state index contributed by atoms with van der Waals surface area (Å²) in [6, 6.07) is 7.44. The fraction of sp³-hybridized carbons (Fsp3) is 0.273. The van der Waals surface area contributed by atoms with Crippen LogP contribution >= 0.6 is 0 Å². The maximum Gasteiger partial charge on any atom is 0.224 e. The molecule has 3 heteroatoms. The molecular formula is C11H12NO2. The van der Waals surface area contributed by atoms with Crippen molar-refractivity contribution in [2.75, 3.05) is 11.4 Å². The number of para-hydroxylation sites is 1. The molecule has 0 fully saturated rings. The third-order valence-electron chi connectivity index (χ3n) is 2.01. The lowest BCUT2D eigenvalue weighted by molar-refractivity contribution is -0.116. The van der Waals surface area contributed by atoms with Crippen LogP contribution in [0.2, 0.25) is 0 Å². The topological polar surface area (TPSA) is 37.4 Å². The molecule has 3 nitrogen and oxygen atoms in total. The summed E-state index contributed by atoms with van der Waals surface area (Å²) in [6.45, 7) is 3.32. The van der Waals surface area contributed by atoms with Gasteiger partial charge in [0.15, 0.2) is 0 Å². The molecule has 0 atom stereocenters. The van der Waals surface area contributed by atoms with Crippen molar-refractivity contribution in [1.29, 1.82) is 0 Å². The Morgan fingerprint density at radius 3 is 2.57 bits per heavy atom. The first kappa shape index (κ1) is 10.4. The van der Waals surface area contributed by atoms with Crippen LogP contribution in [-0.2, 0) is 9.59 Å². The average molecular weight is 190 g/mol. The van der Waals surface area contributed by atoms with Crippen molar-refractivity contribution in [1.82, 2.24) is 0 Å². The molecule has 0 unspecified atom stereocenters. The van der Waals surface area contributed by atoms with E-state index in [2.05, 4.69) is 0 Å². The van der Waals surface area contributed by atoms with E-state index in [4.69, 9.17) is 0 Å². The summed E-state index contributed by atoms with van der Waals surface area (Å²) in [6.07, 6.45) is 1.73. The number of hydrogen-bond donors (Lipinski definition) is 0. The minimum atomic E-state index is -0.150. The normalized spacial score (nSPS) is 9.57. The maximum absolute atomic E-state index is 11.2. The van der Waals surface area contributed by atoms with Gasteiger partial charge in [-0.2, -0.15) is 0 Å². The molecule has 0 bridgehead atoms. The van der Waals surface area contributed by atoms with Gasteiger partial charge in [0.1, 0.15) is 0 Å². The predicted molar refractivity (Wildman–Crippen MR) is 54.9 cm³/mol. The second-order valence-electron chi connectivity index (χ2n) is 3.04. The molecule has 0 saturated heterocycles. The number of carbonyl (C=O) groups excluding carboxylic acids is 2. The van der Waals surface area contributed by atoms with E-state index in [1.807, 2.05) is 31.2 Å². The molecular weight excluding hydrogens is 178 g/mol. The predicted octanol–water partition coefficient (Wildman–Crippen LogP) is 1.46. The quantitative estimate of drug-likeness (QED) is 0.723.